The second-order valence-electron chi connectivity index (χ2n) is 9.49. The Morgan fingerprint density at radius 1 is 0.794 bits per heavy atom. The zero-order valence-corrected chi connectivity index (χ0v) is 20.5. The summed E-state index contributed by atoms with van der Waals surface area (Å²) in [6.45, 7) is 10.9. The van der Waals surface area contributed by atoms with Crippen LogP contribution in [0.1, 0.15) is 41.9 Å². The number of hydrogen-bond donors (Lipinski definition) is 0. The summed E-state index contributed by atoms with van der Waals surface area (Å²) >= 11 is 0. The van der Waals surface area contributed by atoms with Crippen molar-refractivity contribution in [2.45, 2.75) is 39.3 Å². The topological polar surface area (TPSA) is 24.3 Å². The van der Waals surface area contributed by atoms with Gasteiger partial charge in [-0.2, -0.15) is 0 Å². The van der Waals surface area contributed by atoms with E-state index < -0.39 is 0 Å². The lowest BCUT2D eigenvalue weighted by Gasteiger charge is -2.39. The van der Waals surface area contributed by atoms with E-state index in [0.29, 0.717) is 6.04 Å². The molecule has 0 saturated carbocycles. The minimum absolute atomic E-state index is 0.327. The van der Waals surface area contributed by atoms with Gasteiger partial charge in [0.15, 0.2) is 0 Å². The Kier molecular flexibility index (Phi) is 7.08. The molecule has 0 unspecified atom stereocenters. The maximum atomic E-state index is 4.82. The van der Waals surface area contributed by atoms with Crippen molar-refractivity contribution in [2.75, 3.05) is 32.7 Å². The van der Waals surface area contributed by atoms with Crippen LogP contribution in [-0.4, -0.2) is 52.1 Å². The Hall–Kier alpha value is -2.95. The third kappa shape index (κ3) is 4.94. The van der Waals surface area contributed by atoms with E-state index in [1.54, 1.807) is 0 Å². The summed E-state index contributed by atoms with van der Waals surface area (Å²) in [5.41, 5.74) is 6.57. The summed E-state index contributed by atoms with van der Waals surface area (Å²) in [4.78, 5) is 10.1. The highest BCUT2D eigenvalue weighted by atomic mass is 15.3. The lowest BCUT2D eigenvalue weighted by molar-refractivity contribution is 0.110. The molecule has 0 atom stereocenters. The number of imidazole rings is 1. The summed E-state index contributed by atoms with van der Waals surface area (Å²) in [5, 5.41) is 0. The lowest BCUT2D eigenvalue weighted by atomic mass is 9.96. The van der Waals surface area contributed by atoms with Crippen molar-refractivity contribution in [3.63, 3.8) is 0 Å². The highest BCUT2D eigenvalue weighted by Gasteiger charge is 2.26. The van der Waals surface area contributed by atoms with Crippen LogP contribution in [-0.2, 0) is 13.0 Å². The largest absolute Gasteiger partial charge is 0.328 e. The molecule has 1 aliphatic heterocycles. The molecule has 4 nitrogen and oxygen atoms in total. The SMILES string of the molecule is CCCn1c(C)nc2cc(CCN3CCN(C(c4ccccc4)c4ccccc4)CC3)ccc21. The number of nitrogens with zero attached hydrogens (tertiary/aromatic N) is 4. The van der Waals surface area contributed by atoms with Crippen LogP contribution >= 0.6 is 0 Å². The van der Waals surface area contributed by atoms with Gasteiger partial charge in [0.05, 0.1) is 17.1 Å². The number of benzene rings is 3. The molecule has 34 heavy (non-hydrogen) atoms. The van der Waals surface area contributed by atoms with Crippen molar-refractivity contribution < 1.29 is 0 Å². The second kappa shape index (κ2) is 10.5. The first-order chi connectivity index (χ1) is 16.7. The Morgan fingerprint density at radius 3 is 2.06 bits per heavy atom. The lowest BCUT2D eigenvalue weighted by Crippen LogP contribution is -2.48. The molecule has 1 saturated heterocycles. The highest BCUT2D eigenvalue weighted by Crippen LogP contribution is 2.29. The fourth-order valence-electron chi connectivity index (χ4n) is 5.37. The standard InChI is InChI=1S/C30H36N4/c1-3-17-34-24(2)31-28-23-25(14-15-29(28)34)16-18-32-19-21-33(22-20-32)30(26-10-6-4-7-11-26)27-12-8-5-9-13-27/h4-15,23,30H,3,16-22H2,1-2H3. The molecule has 3 aromatic carbocycles. The van der Waals surface area contributed by atoms with E-state index >= 15 is 0 Å². The van der Waals surface area contributed by atoms with Crippen molar-refractivity contribution in [1.29, 1.82) is 0 Å². The normalized spacial score (nSPS) is 15.4. The molecule has 176 valence electrons. The number of aryl methyl sites for hydroxylation is 2. The molecule has 4 heteroatoms. The van der Waals surface area contributed by atoms with Crippen LogP contribution in [0, 0.1) is 6.92 Å². The van der Waals surface area contributed by atoms with E-state index in [4.69, 9.17) is 4.98 Å². The van der Waals surface area contributed by atoms with E-state index in [-0.39, 0.29) is 0 Å². The molecule has 0 amide bonds. The van der Waals surface area contributed by atoms with Crippen molar-refractivity contribution in [3.05, 3.63) is 101 Å². The van der Waals surface area contributed by atoms with E-state index in [1.807, 2.05) is 0 Å². The monoisotopic (exact) mass is 452 g/mol. The molecule has 0 bridgehead atoms. The first-order valence-electron chi connectivity index (χ1n) is 12.7. The van der Waals surface area contributed by atoms with Crippen LogP contribution in [0.15, 0.2) is 78.9 Å². The average Bonchev–Trinajstić information content (AvgIpc) is 3.19. The quantitative estimate of drug-likeness (QED) is 0.342. The number of aromatic nitrogens is 2. The van der Waals surface area contributed by atoms with Gasteiger partial charge in [-0.25, -0.2) is 4.98 Å². The van der Waals surface area contributed by atoms with Crippen LogP contribution in [0.4, 0.5) is 0 Å². The fourth-order valence-corrected chi connectivity index (χ4v) is 5.37. The number of piperazine rings is 1. The van der Waals surface area contributed by atoms with Gasteiger partial charge < -0.3 is 9.47 Å². The Morgan fingerprint density at radius 2 is 1.44 bits per heavy atom. The van der Waals surface area contributed by atoms with Gasteiger partial charge >= 0.3 is 0 Å². The fraction of sp³-hybridized carbons (Fsp3) is 0.367. The zero-order chi connectivity index (χ0) is 23.3. The predicted octanol–water partition coefficient (Wildman–Crippen LogP) is 5.70. The van der Waals surface area contributed by atoms with Gasteiger partial charge in [-0.1, -0.05) is 73.7 Å². The second-order valence-corrected chi connectivity index (χ2v) is 9.49. The van der Waals surface area contributed by atoms with Gasteiger partial charge in [0.1, 0.15) is 5.82 Å². The van der Waals surface area contributed by atoms with E-state index in [0.717, 1.165) is 63.5 Å². The van der Waals surface area contributed by atoms with Gasteiger partial charge in [0.2, 0.25) is 0 Å². The minimum atomic E-state index is 0.327. The molecular weight excluding hydrogens is 416 g/mol. The van der Waals surface area contributed by atoms with E-state index in [9.17, 15) is 0 Å². The van der Waals surface area contributed by atoms with Gasteiger partial charge in [-0.15, -0.1) is 0 Å². The molecule has 5 rings (SSSR count). The van der Waals surface area contributed by atoms with Crippen LogP contribution in [0.25, 0.3) is 11.0 Å². The van der Waals surface area contributed by atoms with Gasteiger partial charge in [0, 0.05) is 39.3 Å². The summed E-state index contributed by atoms with van der Waals surface area (Å²) in [6, 6.07) is 29.1. The Balaban J connectivity index is 1.22. The van der Waals surface area contributed by atoms with Gasteiger partial charge in [-0.3, -0.25) is 4.90 Å². The first-order valence-corrected chi connectivity index (χ1v) is 12.7. The number of hydrogen-bond acceptors (Lipinski definition) is 3. The third-order valence-corrected chi connectivity index (χ3v) is 7.17. The van der Waals surface area contributed by atoms with E-state index in [1.165, 1.54) is 22.2 Å². The van der Waals surface area contributed by atoms with Crippen molar-refractivity contribution in [2.24, 2.45) is 0 Å². The van der Waals surface area contributed by atoms with Crippen molar-refractivity contribution in [1.82, 2.24) is 19.4 Å². The molecule has 0 radical (unpaired) electrons. The third-order valence-electron chi connectivity index (χ3n) is 7.17. The molecule has 0 aliphatic carbocycles. The summed E-state index contributed by atoms with van der Waals surface area (Å²) in [5.74, 6) is 1.12. The van der Waals surface area contributed by atoms with Crippen molar-refractivity contribution in [3.8, 4) is 0 Å². The molecule has 1 aromatic heterocycles. The maximum Gasteiger partial charge on any atom is 0.106 e. The van der Waals surface area contributed by atoms with E-state index in [2.05, 4.69) is 107 Å². The van der Waals surface area contributed by atoms with Crippen molar-refractivity contribution >= 4 is 11.0 Å². The number of rotatable bonds is 8. The van der Waals surface area contributed by atoms with Crippen LogP contribution < -0.4 is 0 Å². The summed E-state index contributed by atoms with van der Waals surface area (Å²) < 4.78 is 2.34. The Labute approximate surface area is 203 Å². The molecule has 1 fully saturated rings. The summed E-state index contributed by atoms with van der Waals surface area (Å²) in [6.07, 6.45) is 2.21. The molecule has 0 N–H and O–H groups in total. The first kappa shape index (κ1) is 22.8. The molecule has 4 aromatic rings. The summed E-state index contributed by atoms with van der Waals surface area (Å²) in [7, 11) is 0. The predicted molar refractivity (Wildman–Crippen MR) is 141 cm³/mol. The molecule has 0 spiro atoms. The van der Waals surface area contributed by atoms with Crippen LogP contribution in [0.5, 0.6) is 0 Å². The maximum absolute atomic E-state index is 4.82. The van der Waals surface area contributed by atoms with Gasteiger partial charge in [0.25, 0.3) is 0 Å². The molecular formula is C30H36N4. The Bertz CT molecular complexity index is 1150. The number of fused-ring (bicyclic) bond motifs is 1. The minimum Gasteiger partial charge on any atom is -0.328 e. The average molecular weight is 453 g/mol. The molecule has 1 aliphatic rings. The molecule has 2 heterocycles. The highest BCUT2D eigenvalue weighted by molar-refractivity contribution is 5.76. The smallest absolute Gasteiger partial charge is 0.106 e. The van der Waals surface area contributed by atoms with Crippen LogP contribution in [0.3, 0.4) is 0 Å². The zero-order valence-electron chi connectivity index (χ0n) is 20.5. The van der Waals surface area contributed by atoms with Crippen LogP contribution in [0.2, 0.25) is 0 Å². The van der Waals surface area contributed by atoms with Gasteiger partial charge in [-0.05, 0) is 48.6 Å².